The third kappa shape index (κ3) is 10.7. The summed E-state index contributed by atoms with van der Waals surface area (Å²) in [7, 11) is 2.03. The molecule has 0 radical (unpaired) electrons. The van der Waals surface area contributed by atoms with Crippen LogP contribution in [0, 0.1) is 18.6 Å². The zero-order valence-corrected chi connectivity index (χ0v) is 26.3. The van der Waals surface area contributed by atoms with Gasteiger partial charge in [0.05, 0.1) is 5.56 Å². The van der Waals surface area contributed by atoms with E-state index in [1.807, 2.05) is 58.2 Å². The fourth-order valence-corrected chi connectivity index (χ4v) is 5.18. The van der Waals surface area contributed by atoms with Gasteiger partial charge in [0.2, 0.25) is 0 Å². The van der Waals surface area contributed by atoms with E-state index in [1.54, 1.807) is 23.1 Å². The van der Waals surface area contributed by atoms with Crippen molar-refractivity contribution in [3.05, 3.63) is 101 Å². The molecule has 2 unspecified atom stereocenters. The van der Waals surface area contributed by atoms with Gasteiger partial charge in [-0.3, -0.25) is 4.79 Å². The molecule has 0 saturated heterocycles. The van der Waals surface area contributed by atoms with Crippen LogP contribution < -0.4 is 16.0 Å². The van der Waals surface area contributed by atoms with Gasteiger partial charge in [-0.2, -0.15) is 0 Å². The molecule has 0 heterocycles. The molecule has 44 heavy (non-hydrogen) atoms. The van der Waals surface area contributed by atoms with Crippen LogP contribution >= 0.6 is 0 Å². The summed E-state index contributed by atoms with van der Waals surface area (Å²) in [6.45, 7) is 8.82. The summed E-state index contributed by atoms with van der Waals surface area (Å²) < 4.78 is 33.7. The van der Waals surface area contributed by atoms with Crippen LogP contribution in [0.3, 0.4) is 0 Å². The third-order valence-corrected chi connectivity index (χ3v) is 7.35. The molecule has 238 valence electrons. The lowest BCUT2D eigenvalue weighted by Gasteiger charge is -2.26. The number of rotatable bonds is 17. The van der Waals surface area contributed by atoms with Crippen LogP contribution in [0.5, 0.6) is 0 Å². The zero-order valence-electron chi connectivity index (χ0n) is 26.3. The van der Waals surface area contributed by atoms with Crippen molar-refractivity contribution >= 4 is 17.6 Å². The van der Waals surface area contributed by atoms with Crippen molar-refractivity contribution in [3.8, 4) is 0 Å². The average Bonchev–Trinajstić information content (AvgIpc) is 2.99. The lowest BCUT2D eigenvalue weighted by Crippen LogP contribution is -2.46. The van der Waals surface area contributed by atoms with E-state index in [-0.39, 0.29) is 24.4 Å². The van der Waals surface area contributed by atoms with Crippen molar-refractivity contribution in [2.75, 3.05) is 44.7 Å². The van der Waals surface area contributed by atoms with E-state index in [9.17, 15) is 18.4 Å². The number of amides is 1. The summed E-state index contributed by atoms with van der Waals surface area (Å²) >= 11 is 0. The highest BCUT2D eigenvalue weighted by Crippen LogP contribution is 2.17. The largest absolute Gasteiger partial charge is 0.456 e. The van der Waals surface area contributed by atoms with Crippen LogP contribution in [-0.2, 0) is 11.2 Å². The van der Waals surface area contributed by atoms with E-state index in [0.717, 1.165) is 43.1 Å². The first kappa shape index (κ1) is 34.7. The van der Waals surface area contributed by atoms with Crippen LogP contribution in [0.2, 0.25) is 0 Å². The number of esters is 1. The fourth-order valence-electron chi connectivity index (χ4n) is 5.18. The molecule has 3 aromatic rings. The number of anilines is 1. The number of hydrogen-bond donors (Lipinski definition) is 2. The molecule has 3 aromatic carbocycles. The summed E-state index contributed by atoms with van der Waals surface area (Å²) in [4.78, 5) is 30.7. The Balaban J connectivity index is 1.72. The van der Waals surface area contributed by atoms with Gasteiger partial charge >= 0.3 is 5.97 Å². The first-order valence-corrected chi connectivity index (χ1v) is 15.4. The summed E-state index contributed by atoms with van der Waals surface area (Å²) in [5.41, 5.74) is 9.42. The molecular formula is C35H46F2N4O3. The highest BCUT2D eigenvalue weighted by molar-refractivity contribution is 5.98. The number of carbonyl (C=O) groups excluding carboxylic acids is 2. The number of carbonyl (C=O) groups is 2. The van der Waals surface area contributed by atoms with Gasteiger partial charge in [0.25, 0.3) is 5.91 Å². The molecule has 1 amide bonds. The van der Waals surface area contributed by atoms with Gasteiger partial charge in [-0.05, 0) is 92.7 Å². The van der Waals surface area contributed by atoms with Crippen molar-refractivity contribution in [3.63, 3.8) is 0 Å². The molecule has 7 nitrogen and oxygen atoms in total. The Labute approximate surface area is 260 Å². The predicted molar refractivity (Wildman–Crippen MR) is 172 cm³/mol. The van der Waals surface area contributed by atoms with Crippen molar-refractivity contribution in [1.82, 2.24) is 10.2 Å². The monoisotopic (exact) mass is 608 g/mol. The van der Waals surface area contributed by atoms with E-state index in [4.69, 9.17) is 10.5 Å². The van der Waals surface area contributed by atoms with Crippen molar-refractivity contribution in [2.24, 2.45) is 5.73 Å². The van der Waals surface area contributed by atoms with Crippen molar-refractivity contribution < 1.29 is 23.1 Å². The highest BCUT2D eigenvalue weighted by atomic mass is 19.1. The summed E-state index contributed by atoms with van der Waals surface area (Å²) in [6.07, 6.45) is 1.79. The van der Waals surface area contributed by atoms with Gasteiger partial charge < -0.3 is 25.6 Å². The Hall–Kier alpha value is -3.82. The van der Waals surface area contributed by atoms with Crippen LogP contribution in [0.1, 0.15) is 65.0 Å². The molecule has 0 spiro atoms. The number of ether oxygens (including phenoxy) is 1. The van der Waals surface area contributed by atoms with Crippen LogP contribution in [0.4, 0.5) is 14.5 Å². The number of para-hydroxylation sites is 1. The molecule has 0 aliphatic carbocycles. The summed E-state index contributed by atoms with van der Waals surface area (Å²) in [5, 5.41) is 3.33. The molecular weight excluding hydrogens is 562 g/mol. The molecule has 0 saturated carbocycles. The van der Waals surface area contributed by atoms with Gasteiger partial charge in [-0.1, -0.05) is 32.0 Å². The van der Waals surface area contributed by atoms with Gasteiger partial charge in [0.1, 0.15) is 17.7 Å². The standard InChI is InChI=1S/C35H46F2N4O3/c1-5-14-41(15-6-2)34(42)27-17-25(3)18-28(22-27)35(43)44-33(32(38)21-26-19-29(36)23-30(37)20-26)24-39-13-10-16-40(4)31-11-8-7-9-12-31/h7-9,11-12,17-20,22-23,32-33,39H,5-6,10,13-16,21,24,38H2,1-4H3. The fraction of sp³-hybridized carbons (Fsp3) is 0.429. The normalized spacial score (nSPS) is 12.4. The molecule has 2 atom stereocenters. The molecule has 0 aliphatic rings. The Morgan fingerprint density at radius 1 is 0.909 bits per heavy atom. The number of hydrogen-bond acceptors (Lipinski definition) is 6. The maximum absolute atomic E-state index is 13.9. The first-order valence-electron chi connectivity index (χ1n) is 15.4. The minimum Gasteiger partial charge on any atom is -0.456 e. The summed E-state index contributed by atoms with van der Waals surface area (Å²) in [5.74, 6) is -2.14. The minimum absolute atomic E-state index is 0.103. The first-order chi connectivity index (χ1) is 21.1. The second kappa shape index (κ2) is 17.5. The number of nitrogens with one attached hydrogen (secondary N) is 1. The Kier molecular flexibility index (Phi) is 13.8. The molecule has 3 rings (SSSR count). The van der Waals surface area contributed by atoms with E-state index >= 15 is 0 Å². The molecule has 9 heteroatoms. The van der Waals surface area contributed by atoms with Crippen molar-refractivity contribution in [1.29, 1.82) is 0 Å². The highest BCUT2D eigenvalue weighted by Gasteiger charge is 2.25. The Morgan fingerprint density at radius 2 is 1.55 bits per heavy atom. The average molecular weight is 609 g/mol. The molecule has 0 fully saturated rings. The number of aryl methyl sites for hydroxylation is 1. The summed E-state index contributed by atoms with van der Waals surface area (Å²) in [6, 6.07) is 17.6. The van der Waals surface area contributed by atoms with E-state index in [0.29, 0.717) is 30.8 Å². The molecule has 3 N–H and O–H groups in total. The Bertz CT molecular complexity index is 1330. The topological polar surface area (TPSA) is 87.9 Å². The number of benzene rings is 3. The van der Waals surface area contributed by atoms with E-state index < -0.39 is 29.7 Å². The van der Waals surface area contributed by atoms with Gasteiger partial charge in [0.15, 0.2) is 0 Å². The van der Waals surface area contributed by atoms with E-state index in [1.165, 1.54) is 12.1 Å². The van der Waals surface area contributed by atoms with Gasteiger partial charge in [-0.25, -0.2) is 13.6 Å². The second-order valence-electron chi connectivity index (χ2n) is 11.3. The van der Waals surface area contributed by atoms with Crippen molar-refractivity contribution in [2.45, 2.75) is 58.6 Å². The zero-order chi connectivity index (χ0) is 32.1. The van der Waals surface area contributed by atoms with Gasteiger partial charge in [0, 0.05) is 56.6 Å². The number of halogens is 2. The lowest BCUT2D eigenvalue weighted by atomic mass is 10.0. The number of nitrogens with two attached hydrogens (primary N) is 1. The van der Waals surface area contributed by atoms with Gasteiger partial charge in [-0.15, -0.1) is 0 Å². The molecule has 0 bridgehead atoms. The quantitative estimate of drug-likeness (QED) is 0.150. The van der Waals surface area contributed by atoms with Crippen LogP contribution in [0.15, 0.2) is 66.7 Å². The second-order valence-corrected chi connectivity index (χ2v) is 11.3. The SMILES string of the molecule is CCCN(CCC)C(=O)c1cc(C)cc(C(=O)OC(CNCCCN(C)c2ccccc2)C(N)Cc2cc(F)cc(F)c2)c1. The smallest absolute Gasteiger partial charge is 0.338 e. The maximum atomic E-state index is 13.9. The third-order valence-electron chi connectivity index (χ3n) is 7.35. The minimum atomic E-state index is -0.794. The molecule has 0 aliphatic heterocycles. The predicted octanol–water partition coefficient (Wildman–Crippen LogP) is 5.75. The maximum Gasteiger partial charge on any atom is 0.338 e. The Morgan fingerprint density at radius 3 is 2.18 bits per heavy atom. The van der Waals surface area contributed by atoms with Crippen LogP contribution in [-0.4, -0.2) is 68.7 Å². The molecule has 0 aromatic heterocycles. The lowest BCUT2D eigenvalue weighted by molar-refractivity contribution is 0.0239. The number of nitrogens with zero attached hydrogens (tertiary/aromatic N) is 2. The van der Waals surface area contributed by atoms with E-state index in [2.05, 4.69) is 10.2 Å². The van der Waals surface area contributed by atoms with Crippen LogP contribution in [0.25, 0.3) is 0 Å².